The molecule has 1 heterocycles. The van der Waals surface area contributed by atoms with Crippen molar-refractivity contribution in [3.05, 3.63) is 11.6 Å². The van der Waals surface area contributed by atoms with E-state index >= 15 is 0 Å². The van der Waals surface area contributed by atoms with Crippen LogP contribution in [0.2, 0.25) is 0 Å². The molecule has 0 amide bonds. The molecule has 0 aliphatic rings. The lowest BCUT2D eigenvalue weighted by molar-refractivity contribution is -0.147. The van der Waals surface area contributed by atoms with Gasteiger partial charge in [0.1, 0.15) is 5.82 Å². The maximum Gasteiger partial charge on any atom is 0.451 e. The SMILES string of the molecule is CCn1c(CCl)nnc1C(F)(F)F. The van der Waals surface area contributed by atoms with Gasteiger partial charge in [0.15, 0.2) is 0 Å². The van der Waals surface area contributed by atoms with Crippen molar-refractivity contribution in [2.75, 3.05) is 0 Å². The van der Waals surface area contributed by atoms with Crippen molar-refractivity contribution in [3.63, 3.8) is 0 Å². The van der Waals surface area contributed by atoms with Gasteiger partial charge in [-0.1, -0.05) is 0 Å². The number of alkyl halides is 4. The van der Waals surface area contributed by atoms with Crippen LogP contribution in [-0.2, 0) is 18.6 Å². The highest BCUT2D eigenvalue weighted by atomic mass is 35.5. The van der Waals surface area contributed by atoms with Gasteiger partial charge in [-0.25, -0.2) is 0 Å². The van der Waals surface area contributed by atoms with Gasteiger partial charge in [-0.05, 0) is 6.92 Å². The lowest BCUT2D eigenvalue weighted by Crippen LogP contribution is -2.15. The van der Waals surface area contributed by atoms with Gasteiger partial charge in [0, 0.05) is 6.54 Å². The smallest absolute Gasteiger partial charge is 0.307 e. The van der Waals surface area contributed by atoms with E-state index in [0.29, 0.717) is 0 Å². The van der Waals surface area contributed by atoms with E-state index in [9.17, 15) is 13.2 Å². The zero-order chi connectivity index (χ0) is 10.1. The first-order chi connectivity index (χ1) is 6.00. The van der Waals surface area contributed by atoms with Crippen LogP contribution in [0.15, 0.2) is 0 Å². The van der Waals surface area contributed by atoms with Crippen LogP contribution in [0.25, 0.3) is 0 Å². The fourth-order valence-electron chi connectivity index (χ4n) is 0.976. The van der Waals surface area contributed by atoms with Crippen molar-refractivity contribution in [1.29, 1.82) is 0 Å². The molecule has 74 valence electrons. The van der Waals surface area contributed by atoms with Gasteiger partial charge in [-0.3, -0.25) is 0 Å². The Morgan fingerprint density at radius 1 is 1.38 bits per heavy atom. The minimum Gasteiger partial charge on any atom is -0.307 e. The number of hydrogen-bond donors (Lipinski definition) is 0. The van der Waals surface area contributed by atoms with E-state index in [2.05, 4.69) is 10.2 Å². The van der Waals surface area contributed by atoms with E-state index in [1.54, 1.807) is 6.92 Å². The number of rotatable bonds is 2. The predicted molar refractivity (Wildman–Crippen MR) is 40.3 cm³/mol. The van der Waals surface area contributed by atoms with Gasteiger partial charge in [0.2, 0.25) is 5.82 Å². The maximum absolute atomic E-state index is 12.2. The van der Waals surface area contributed by atoms with Crippen molar-refractivity contribution < 1.29 is 13.2 Å². The van der Waals surface area contributed by atoms with E-state index < -0.39 is 12.0 Å². The molecule has 13 heavy (non-hydrogen) atoms. The Hall–Kier alpha value is -0.780. The number of halogens is 4. The predicted octanol–water partition coefficient (Wildman–Crippen LogP) is 2.06. The average molecular weight is 214 g/mol. The summed E-state index contributed by atoms with van der Waals surface area (Å²) >= 11 is 5.38. The van der Waals surface area contributed by atoms with Crippen LogP contribution in [0.3, 0.4) is 0 Å². The third kappa shape index (κ3) is 1.93. The molecule has 1 rings (SSSR count). The van der Waals surface area contributed by atoms with Gasteiger partial charge in [-0.15, -0.1) is 21.8 Å². The molecule has 0 fully saturated rings. The second-order valence-corrected chi connectivity index (χ2v) is 2.58. The van der Waals surface area contributed by atoms with Gasteiger partial charge in [-0.2, -0.15) is 13.2 Å². The fraction of sp³-hybridized carbons (Fsp3) is 0.667. The Kier molecular flexibility index (Phi) is 2.80. The lowest BCUT2D eigenvalue weighted by Gasteiger charge is -2.07. The first-order valence-corrected chi connectivity index (χ1v) is 4.09. The third-order valence-corrected chi connectivity index (χ3v) is 1.76. The molecule has 1 aromatic rings. The Bertz CT molecular complexity index is 294. The summed E-state index contributed by atoms with van der Waals surface area (Å²) in [6.45, 7) is 1.73. The Morgan fingerprint density at radius 3 is 2.38 bits per heavy atom. The van der Waals surface area contributed by atoms with Gasteiger partial charge < -0.3 is 4.57 Å². The van der Waals surface area contributed by atoms with Crippen LogP contribution >= 0.6 is 11.6 Å². The first-order valence-electron chi connectivity index (χ1n) is 3.56. The topological polar surface area (TPSA) is 30.7 Å². The van der Waals surface area contributed by atoms with Gasteiger partial charge in [0.05, 0.1) is 5.88 Å². The summed E-state index contributed by atoms with van der Waals surface area (Å²) in [6.07, 6.45) is -4.46. The van der Waals surface area contributed by atoms with Gasteiger partial charge >= 0.3 is 6.18 Å². The second-order valence-electron chi connectivity index (χ2n) is 2.32. The Balaban J connectivity index is 3.16. The summed E-state index contributed by atoms with van der Waals surface area (Å²) in [5.74, 6) is -0.932. The normalized spacial score (nSPS) is 12.1. The molecule has 0 radical (unpaired) electrons. The zero-order valence-electron chi connectivity index (χ0n) is 6.77. The highest BCUT2D eigenvalue weighted by molar-refractivity contribution is 6.16. The second kappa shape index (κ2) is 3.53. The summed E-state index contributed by atoms with van der Waals surface area (Å²) in [6, 6.07) is 0. The molecule has 0 atom stereocenters. The van der Waals surface area contributed by atoms with E-state index in [1.807, 2.05) is 0 Å². The summed E-state index contributed by atoms with van der Waals surface area (Å²) in [7, 11) is 0. The summed E-state index contributed by atoms with van der Waals surface area (Å²) in [4.78, 5) is 0. The molecule has 0 saturated carbocycles. The maximum atomic E-state index is 12.2. The molecule has 0 aliphatic carbocycles. The number of hydrogen-bond acceptors (Lipinski definition) is 2. The van der Waals surface area contributed by atoms with Crippen LogP contribution in [-0.4, -0.2) is 14.8 Å². The number of nitrogens with zero attached hydrogens (tertiary/aromatic N) is 3. The van der Waals surface area contributed by atoms with E-state index in [1.165, 1.54) is 0 Å². The highest BCUT2D eigenvalue weighted by Crippen LogP contribution is 2.28. The van der Waals surface area contributed by atoms with Crippen LogP contribution in [0.4, 0.5) is 13.2 Å². The van der Waals surface area contributed by atoms with Crippen LogP contribution in [0.1, 0.15) is 18.6 Å². The monoisotopic (exact) mass is 213 g/mol. The Labute approximate surface area is 77.5 Å². The summed E-state index contributed by atoms with van der Waals surface area (Å²) in [5.41, 5.74) is 0. The molecule has 0 unspecified atom stereocenters. The van der Waals surface area contributed by atoms with Crippen LogP contribution in [0.5, 0.6) is 0 Å². The minimum atomic E-state index is -4.46. The van der Waals surface area contributed by atoms with Crippen molar-refractivity contribution >= 4 is 11.6 Å². The molecule has 7 heteroatoms. The third-order valence-electron chi connectivity index (χ3n) is 1.52. The minimum absolute atomic E-state index is 0.0725. The average Bonchev–Trinajstić information content (AvgIpc) is 2.45. The molecule has 0 bridgehead atoms. The van der Waals surface area contributed by atoms with E-state index in [-0.39, 0.29) is 18.2 Å². The fourth-order valence-corrected chi connectivity index (χ4v) is 1.17. The highest BCUT2D eigenvalue weighted by Gasteiger charge is 2.37. The standard InChI is InChI=1S/C6H7ClF3N3/c1-2-13-4(3-7)11-12-5(13)6(8,9)10/h2-3H2,1H3. The van der Waals surface area contributed by atoms with Crippen LogP contribution in [0, 0.1) is 0 Å². The van der Waals surface area contributed by atoms with Crippen molar-refractivity contribution in [1.82, 2.24) is 14.8 Å². The molecule has 0 aromatic carbocycles. The summed E-state index contributed by atoms with van der Waals surface area (Å²) < 4.78 is 37.6. The summed E-state index contributed by atoms with van der Waals surface area (Å²) in [5, 5.41) is 6.37. The molecule has 0 spiro atoms. The molecule has 0 N–H and O–H groups in total. The molecule has 0 aliphatic heterocycles. The molecular formula is C6H7ClF3N3. The molecule has 0 saturated heterocycles. The van der Waals surface area contributed by atoms with Crippen molar-refractivity contribution in [2.24, 2.45) is 0 Å². The molecule has 3 nitrogen and oxygen atoms in total. The number of aromatic nitrogens is 3. The Morgan fingerprint density at radius 2 is 2.00 bits per heavy atom. The van der Waals surface area contributed by atoms with Crippen LogP contribution < -0.4 is 0 Å². The lowest BCUT2D eigenvalue weighted by atomic mass is 10.5. The largest absolute Gasteiger partial charge is 0.451 e. The van der Waals surface area contributed by atoms with Crippen molar-refractivity contribution in [3.8, 4) is 0 Å². The zero-order valence-corrected chi connectivity index (χ0v) is 7.52. The van der Waals surface area contributed by atoms with E-state index in [4.69, 9.17) is 11.6 Å². The van der Waals surface area contributed by atoms with Crippen molar-refractivity contribution in [2.45, 2.75) is 25.5 Å². The van der Waals surface area contributed by atoms with Gasteiger partial charge in [0.25, 0.3) is 0 Å². The first kappa shape index (κ1) is 10.3. The molecule has 1 aromatic heterocycles. The van der Waals surface area contributed by atoms with E-state index in [0.717, 1.165) is 4.57 Å². The molecular weight excluding hydrogens is 207 g/mol. The quantitative estimate of drug-likeness (QED) is 0.704.